The molecule has 19 heavy (non-hydrogen) atoms. The van der Waals surface area contributed by atoms with Crippen molar-refractivity contribution in [2.45, 2.75) is 45.1 Å². The molecule has 1 fully saturated rings. The van der Waals surface area contributed by atoms with Crippen molar-refractivity contribution < 1.29 is 5.11 Å². The lowest BCUT2D eigenvalue weighted by Gasteiger charge is -2.26. The van der Waals surface area contributed by atoms with E-state index in [0.29, 0.717) is 11.9 Å². The Bertz CT molecular complexity index is 385. The fraction of sp³-hybridized carbons (Fsp3) is 0.714. The average molecular weight is 264 g/mol. The van der Waals surface area contributed by atoms with Crippen LogP contribution in [0.25, 0.3) is 0 Å². The van der Waals surface area contributed by atoms with E-state index in [0.717, 1.165) is 44.6 Å². The molecule has 0 bridgehead atoms. The zero-order valence-electron chi connectivity index (χ0n) is 11.6. The number of anilines is 2. The van der Waals surface area contributed by atoms with Crippen LogP contribution >= 0.6 is 0 Å². The van der Waals surface area contributed by atoms with Crippen LogP contribution in [0.3, 0.4) is 0 Å². The molecular weight excluding hydrogens is 240 g/mol. The maximum absolute atomic E-state index is 9.65. The van der Waals surface area contributed by atoms with Crippen molar-refractivity contribution >= 4 is 11.8 Å². The third-order valence-electron chi connectivity index (χ3n) is 3.52. The quantitative estimate of drug-likeness (QED) is 0.735. The summed E-state index contributed by atoms with van der Waals surface area (Å²) in [5.41, 5.74) is 0. The molecule has 3 N–H and O–H groups in total. The van der Waals surface area contributed by atoms with Crippen molar-refractivity contribution in [3.63, 3.8) is 0 Å². The first-order valence-corrected chi connectivity index (χ1v) is 7.26. The zero-order chi connectivity index (χ0) is 13.5. The number of nitrogens with one attached hydrogen (secondary N) is 2. The van der Waals surface area contributed by atoms with Gasteiger partial charge in [-0.2, -0.15) is 4.98 Å². The second kappa shape index (κ2) is 7.28. The molecule has 0 spiro atoms. The van der Waals surface area contributed by atoms with Crippen LogP contribution in [0.4, 0.5) is 11.8 Å². The molecule has 1 heterocycles. The number of nitrogens with zero attached hydrogens (tertiary/aromatic N) is 2. The van der Waals surface area contributed by atoms with Crippen LogP contribution in [0.15, 0.2) is 12.3 Å². The lowest BCUT2D eigenvalue weighted by molar-refractivity contribution is 0.104. The van der Waals surface area contributed by atoms with Gasteiger partial charge in [0.05, 0.1) is 6.10 Å². The highest BCUT2D eigenvalue weighted by molar-refractivity contribution is 5.39. The Kier molecular flexibility index (Phi) is 5.39. The molecule has 1 aliphatic carbocycles. The molecule has 5 heteroatoms. The minimum absolute atomic E-state index is 0.118. The minimum Gasteiger partial charge on any atom is -0.393 e. The normalized spacial score (nSPS) is 23.1. The molecule has 1 saturated carbocycles. The highest BCUT2D eigenvalue weighted by Crippen LogP contribution is 2.24. The fourth-order valence-electron chi connectivity index (χ4n) is 2.48. The van der Waals surface area contributed by atoms with Crippen LogP contribution in [0.1, 0.15) is 39.0 Å². The van der Waals surface area contributed by atoms with Gasteiger partial charge in [0.15, 0.2) is 0 Å². The minimum atomic E-state index is -0.118. The fourth-order valence-corrected chi connectivity index (χ4v) is 2.48. The summed E-state index contributed by atoms with van der Waals surface area (Å²) in [5, 5.41) is 16.2. The van der Waals surface area contributed by atoms with Gasteiger partial charge in [-0.15, -0.1) is 0 Å². The number of rotatable bonds is 6. The molecule has 0 radical (unpaired) electrons. The maximum atomic E-state index is 9.65. The first kappa shape index (κ1) is 14.1. The van der Waals surface area contributed by atoms with Gasteiger partial charge in [0, 0.05) is 19.3 Å². The number of aliphatic hydroxyl groups is 1. The van der Waals surface area contributed by atoms with E-state index in [-0.39, 0.29) is 6.10 Å². The molecule has 1 aliphatic rings. The molecule has 1 aromatic rings. The molecule has 0 amide bonds. The highest BCUT2D eigenvalue weighted by Gasteiger charge is 2.19. The number of aromatic nitrogens is 2. The summed E-state index contributed by atoms with van der Waals surface area (Å²) < 4.78 is 0. The molecule has 0 aromatic carbocycles. The average Bonchev–Trinajstić information content (AvgIpc) is 2.43. The monoisotopic (exact) mass is 264 g/mol. The summed E-state index contributed by atoms with van der Waals surface area (Å²) in [6.45, 7) is 3.88. The smallest absolute Gasteiger partial charge is 0.224 e. The zero-order valence-corrected chi connectivity index (χ0v) is 11.6. The number of hydrogen-bond donors (Lipinski definition) is 3. The second-order valence-electron chi connectivity index (χ2n) is 5.26. The molecule has 5 nitrogen and oxygen atoms in total. The van der Waals surface area contributed by atoms with E-state index in [2.05, 4.69) is 27.5 Å². The summed E-state index contributed by atoms with van der Waals surface area (Å²) in [7, 11) is 0. The van der Waals surface area contributed by atoms with Crippen molar-refractivity contribution in [3.05, 3.63) is 12.3 Å². The van der Waals surface area contributed by atoms with Crippen LogP contribution in [-0.2, 0) is 0 Å². The Labute approximate surface area is 114 Å². The summed E-state index contributed by atoms with van der Waals surface area (Å²) in [5.74, 6) is 2.08. The molecule has 1 aromatic heterocycles. The van der Waals surface area contributed by atoms with Crippen molar-refractivity contribution in [1.82, 2.24) is 9.97 Å². The van der Waals surface area contributed by atoms with E-state index in [1.54, 1.807) is 6.20 Å². The number of aliphatic hydroxyl groups excluding tert-OH is 1. The van der Waals surface area contributed by atoms with Gasteiger partial charge in [0.2, 0.25) is 5.95 Å². The lowest BCUT2D eigenvalue weighted by atomic mass is 9.87. The maximum Gasteiger partial charge on any atom is 0.224 e. The molecule has 2 atom stereocenters. The van der Waals surface area contributed by atoms with Gasteiger partial charge in [-0.1, -0.05) is 13.3 Å². The molecular formula is C14H24N4O. The van der Waals surface area contributed by atoms with Crippen LogP contribution in [0.2, 0.25) is 0 Å². The predicted octanol–water partition coefficient (Wildman–Crippen LogP) is 2.26. The molecule has 2 rings (SSSR count). The van der Waals surface area contributed by atoms with Gasteiger partial charge in [-0.05, 0) is 37.7 Å². The van der Waals surface area contributed by atoms with E-state index >= 15 is 0 Å². The van der Waals surface area contributed by atoms with Gasteiger partial charge in [-0.3, -0.25) is 0 Å². The third-order valence-corrected chi connectivity index (χ3v) is 3.52. The summed E-state index contributed by atoms with van der Waals surface area (Å²) >= 11 is 0. The molecule has 2 unspecified atom stereocenters. The van der Waals surface area contributed by atoms with Crippen LogP contribution in [0, 0.1) is 5.92 Å². The second-order valence-corrected chi connectivity index (χ2v) is 5.26. The van der Waals surface area contributed by atoms with Gasteiger partial charge in [-0.25, -0.2) is 4.98 Å². The van der Waals surface area contributed by atoms with E-state index in [9.17, 15) is 5.11 Å². The van der Waals surface area contributed by atoms with Crippen LogP contribution < -0.4 is 10.6 Å². The Hall–Kier alpha value is -1.36. The Morgan fingerprint density at radius 1 is 1.37 bits per heavy atom. The van der Waals surface area contributed by atoms with E-state index in [1.165, 1.54) is 6.42 Å². The van der Waals surface area contributed by atoms with Crippen molar-refractivity contribution in [1.29, 1.82) is 0 Å². The first-order valence-electron chi connectivity index (χ1n) is 7.26. The van der Waals surface area contributed by atoms with E-state index < -0.39 is 0 Å². The van der Waals surface area contributed by atoms with Crippen molar-refractivity contribution in [3.8, 4) is 0 Å². The van der Waals surface area contributed by atoms with Gasteiger partial charge in [0.1, 0.15) is 5.82 Å². The Balaban J connectivity index is 1.81. The summed E-state index contributed by atoms with van der Waals surface area (Å²) in [6.07, 6.45) is 6.88. The first-order chi connectivity index (χ1) is 9.28. The highest BCUT2D eigenvalue weighted by atomic mass is 16.3. The summed E-state index contributed by atoms with van der Waals surface area (Å²) in [4.78, 5) is 8.60. The van der Waals surface area contributed by atoms with Crippen molar-refractivity contribution in [2.75, 3.05) is 23.7 Å². The van der Waals surface area contributed by atoms with Gasteiger partial charge < -0.3 is 15.7 Å². The summed E-state index contributed by atoms with van der Waals surface area (Å²) in [6, 6.07) is 1.89. The SMILES string of the molecule is CCCNc1nccc(NCC2CCCC(O)C2)n1. The van der Waals surface area contributed by atoms with Crippen LogP contribution in [0.5, 0.6) is 0 Å². The third kappa shape index (κ3) is 4.67. The number of hydrogen-bond acceptors (Lipinski definition) is 5. The standard InChI is InChI=1S/C14H24N4O/c1-2-7-15-14-16-8-6-13(18-14)17-10-11-4-3-5-12(19)9-11/h6,8,11-12,19H,2-5,7,9-10H2,1H3,(H2,15,16,17,18). The topological polar surface area (TPSA) is 70.1 Å². The largest absolute Gasteiger partial charge is 0.393 e. The molecule has 106 valence electrons. The lowest BCUT2D eigenvalue weighted by Crippen LogP contribution is -2.25. The Morgan fingerprint density at radius 3 is 3.05 bits per heavy atom. The van der Waals surface area contributed by atoms with Crippen LogP contribution in [-0.4, -0.2) is 34.3 Å². The van der Waals surface area contributed by atoms with E-state index in [4.69, 9.17) is 0 Å². The predicted molar refractivity (Wildman–Crippen MR) is 77.3 cm³/mol. The molecule has 0 aliphatic heterocycles. The molecule has 0 saturated heterocycles. The van der Waals surface area contributed by atoms with Gasteiger partial charge >= 0.3 is 0 Å². The Morgan fingerprint density at radius 2 is 2.26 bits per heavy atom. The van der Waals surface area contributed by atoms with Crippen molar-refractivity contribution in [2.24, 2.45) is 5.92 Å². The van der Waals surface area contributed by atoms with Gasteiger partial charge in [0.25, 0.3) is 0 Å². The van der Waals surface area contributed by atoms with E-state index in [1.807, 2.05) is 6.07 Å².